The van der Waals surface area contributed by atoms with Gasteiger partial charge in [-0.25, -0.2) is 4.79 Å². The van der Waals surface area contributed by atoms with Crippen molar-refractivity contribution in [1.82, 2.24) is 0 Å². The number of hydrogen-bond donors (Lipinski definition) is 1. The van der Waals surface area contributed by atoms with Crippen LogP contribution in [-0.2, 0) is 0 Å². The van der Waals surface area contributed by atoms with Gasteiger partial charge in [0.25, 0.3) is 0 Å². The molecule has 2 nitrogen and oxygen atoms in total. The van der Waals surface area contributed by atoms with Gasteiger partial charge in [0.2, 0.25) is 0 Å². The smallest absolute Gasteiger partial charge is 0.335 e. The summed E-state index contributed by atoms with van der Waals surface area (Å²) in [6.07, 6.45) is 0. The summed E-state index contributed by atoms with van der Waals surface area (Å²) in [6, 6.07) is 8.30. The van der Waals surface area contributed by atoms with Crippen LogP contribution in [0.5, 0.6) is 0 Å². The van der Waals surface area contributed by atoms with Crippen LogP contribution in [0.2, 0.25) is 0 Å². The molecular weight excluding hydrogens is 147 g/mol. The van der Waals surface area contributed by atoms with Crippen LogP contribution in [0.4, 0.5) is 4.39 Å². The number of carboxylic acid groups (broad SMARTS) is 1. The Morgan fingerprint density at radius 3 is 2.00 bits per heavy atom. The fourth-order valence-electron chi connectivity index (χ4n) is 0.581. The van der Waals surface area contributed by atoms with E-state index in [4.69, 9.17) is 5.11 Å². The summed E-state index contributed by atoms with van der Waals surface area (Å²) in [6.45, 7) is 0. The van der Waals surface area contributed by atoms with E-state index in [1.54, 1.807) is 30.3 Å². The fraction of sp³-hybridized carbons (Fsp3) is 0.125. The van der Waals surface area contributed by atoms with Crippen molar-refractivity contribution in [3.8, 4) is 0 Å². The molecule has 0 heterocycles. The average Bonchev–Trinajstić information content (AvgIpc) is 2.10. The molecule has 0 bridgehead atoms. The molecule has 60 valence electrons. The Balaban J connectivity index is 0.000000461. The number of rotatable bonds is 1. The zero-order chi connectivity index (χ0) is 8.69. The largest absolute Gasteiger partial charge is 0.478 e. The number of halogens is 1. The Kier molecular flexibility index (Phi) is 4.73. The zero-order valence-electron chi connectivity index (χ0n) is 6.12. The van der Waals surface area contributed by atoms with Crippen LogP contribution in [0.25, 0.3) is 0 Å². The molecule has 0 atom stereocenters. The summed E-state index contributed by atoms with van der Waals surface area (Å²) < 4.78 is 9.50. The molecule has 0 saturated heterocycles. The van der Waals surface area contributed by atoms with E-state index >= 15 is 0 Å². The van der Waals surface area contributed by atoms with Gasteiger partial charge in [0.15, 0.2) is 0 Å². The van der Waals surface area contributed by atoms with Crippen LogP contribution in [-0.4, -0.2) is 18.3 Å². The minimum absolute atomic E-state index is 0.331. The second kappa shape index (κ2) is 5.41. The lowest BCUT2D eigenvalue weighted by Gasteiger charge is -1.88. The molecule has 0 amide bonds. The molecule has 0 unspecified atom stereocenters. The molecule has 1 aromatic carbocycles. The van der Waals surface area contributed by atoms with Crippen molar-refractivity contribution in [2.45, 2.75) is 0 Å². The molecule has 0 aliphatic carbocycles. The first-order chi connectivity index (χ1) is 5.30. The Labute approximate surface area is 64.3 Å². The summed E-state index contributed by atoms with van der Waals surface area (Å²) in [5.41, 5.74) is 0.331. The van der Waals surface area contributed by atoms with Gasteiger partial charge in [-0.1, -0.05) is 18.2 Å². The number of carboxylic acids is 1. The van der Waals surface area contributed by atoms with Gasteiger partial charge in [-0.05, 0) is 12.1 Å². The maximum absolute atomic E-state index is 10.2. The lowest BCUT2D eigenvalue weighted by Crippen LogP contribution is -1.93. The predicted octanol–water partition coefficient (Wildman–Crippen LogP) is 1.97. The maximum atomic E-state index is 10.2. The Morgan fingerprint density at radius 2 is 1.73 bits per heavy atom. The second-order valence-electron chi connectivity index (χ2n) is 1.67. The monoisotopic (exact) mass is 156 g/mol. The summed E-state index contributed by atoms with van der Waals surface area (Å²) in [7, 11) is 0.500. The molecule has 1 rings (SSSR count). The highest BCUT2D eigenvalue weighted by Gasteiger charge is 1.96. The van der Waals surface area contributed by atoms with Crippen LogP contribution < -0.4 is 0 Å². The minimum atomic E-state index is -0.879. The van der Waals surface area contributed by atoms with Gasteiger partial charge in [-0.15, -0.1) is 0 Å². The highest BCUT2D eigenvalue weighted by Crippen LogP contribution is 1.96. The van der Waals surface area contributed by atoms with E-state index in [-0.39, 0.29) is 0 Å². The number of benzene rings is 1. The van der Waals surface area contributed by atoms with Crippen LogP contribution in [0.3, 0.4) is 0 Å². The summed E-state index contributed by atoms with van der Waals surface area (Å²) >= 11 is 0. The standard InChI is InChI=1S/C7H6O2.CH3F/c8-7(9)6-4-2-1-3-5-6;1-2/h1-5H,(H,8,9);1H3. The van der Waals surface area contributed by atoms with Crippen molar-refractivity contribution < 1.29 is 14.3 Å². The lowest BCUT2D eigenvalue weighted by atomic mass is 10.2. The fourth-order valence-corrected chi connectivity index (χ4v) is 0.581. The van der Waals surface area contributed by atoms with E-state index < -0.39 is 5.97 Å². The summed E-state index contributed by atoms with van der Waals surface area (Å²) in [5, 5.41) is 8.38. The molecular formula is C8H9FO2. The molecule has 0 fully saturated rings. The minimum Gasteiger partial charge on any atom is -0.478 e. The predicted molar refractivity (Wildman–Crippen MR) is 40.4 cm³/mol. The van der Waals surface area contributed by atoms with Crippen LogP contribution >= 0.6 is 0 Å². The Hall–Kier alpha value is -1.38. The van der Waals surface area contributed by atoms with Crippen molar-refractivity contribution in [3.05, 3.63) is 35.9 Å². The van der Waals surface area contributed by atoms with Crippen molar-refractivity contribution in [2.24, 2.45) is 0 Å². The third kappa shape index (κ3) is 3.35. The molecule has 0 saturated carbocycles. The van der Waals surface area contributed by atoms with Gasteiger partial charge in [0, 0.05) is 0 Å². The molecule has 0 aromatic heterocycles. The molecule has 1 N–H and O–H groups in total. The lowest BCUT2D eigenvalue weighted by molar-refractivity contribution is 0.0697. The molecule has 3 heteroatoms. The first-order valence-electron chi connectivity index (χ1n) is 2.97. The molecule has 11 heavy (non-hydrogen) atoms. The third-order valence-corrected chi connectivity index (χ3v) is 1.02. The number of aromatic carboxylic acids is 1. The zero-order valence-corrected chi connectivity index (χ0v) is 6.12. The van der Waals surface area contributed by atoms with Crippen LogP contribution in [0.1, 0.15) is 10.4 Å². The SMILES string of the molecule is CF.O=C(O)c1ccccc1. The van der Waals surface area contributed by atoms with E-state index in [0.29, 0.717) is 12.7 Å². The number of carbonyl (C=O) groups is 1. The molecule has 0 spiro atoms. The van der Waals surface area contributed by atoms with Crippen LogP contribution in [0, 0.1) is 0 Å². The topological polar surface area (TPSA) is 37.3 Å². The Morgan fingerprint density at radius 1 is 1.27 bits per heavy atom. The van der Waals surface area contributed by atoms with E-state index in [1.807, 2.05) is 0 Å². The van der Waals surface area contributed by atoms with Gasteiger partial charge in [-0.2, -0.15) is 0 Å². The molecule has 0 radical (unpaired) electrons. The second-order valence-corrected chi connectivity index (χ2v) is 1.67. The van der Waals surface area contributed by atoms with E-state index in [9.17, 15) is 9.18 Å². The highest BCUT2D eigenvalue weighted by atomic mass is 19.1. The van der Waals surface area contributed by atoms with Gasteiger partial charge in [0.1, 0.15) is 0 Å². The van der Waals surface area contributed by atoms with E-state index in [2.05, 4.69) is 0 Å². The van der Waals surface area contributed by atoms with E-state index in [0.717, 1.165) is 0 Å². The van der Waals surface area contributed by atoms with E-state index in [1.165, 1.54) is 0 Å². The summed E-state index contributed by atoms with van der Waals surface area (Å²) in [4.78, 5) is 10.2. The normalized spacial score (nSPS) is 7.82. The molecule has 0 aliphatic rings. The maximum Gasteiger partial charge on any atom is 0.335 e. The van der Waals surface area contributed by atoms with Crippen LogP contribution in [0.15, 0.2) is 30.3 Å². The van der Waals surface area contributed by atoms with Gasteiger partial charge in [-0.3, -0.25) is 4.39 Å². The first kappa shape index (κ1) is 9.62. The van der Waals surface area contributed by atoms with Crippen molar-refractivity contribution in [1.29, 1.82) is 0 Å². The highest BCUT2D eigenvalue weighted by molar-refractivity contribution is 5.87. The summed E-state index contributed by atoms with van der Waals surface area (Å²) in [5.74, 6) is -0.879. The molecule has 1 aromatic rings. The molecule has 0 aliphatic heterocycles. The quantitative estimate of drug-likeness (QED) is 0.674. The van der Waals surface area contributed by atoms with Crippen molar-refractivity contribution in [2.75, 3.05) is 7.18 Å². The third-order valence-electron chi connectivity index (χ3n) is 1.02. The number of hydrogen-bond acceptors (Lipinski definition) is 1. The van der Waals surface area contributed by atoms with Crippen molar-refractivity contribution in [3.63, 3.8) is 0 Å². The van der Waals surface area contributed by atoms with Gasteiger partial charge in [0.05, 0.1) is 12.7 Å². The first-order valence-corrected chi connectivity index (χ1v) is 2.97. The number of alkyl halides is 1. The Bertz CT molecular complexity index is 209. The average molecular weight is 156 g/mol. The van der Waals surface area contributed by atoms with Gasteiger partial charge >= 0.3 is 5.97 Å². The van der Waals surface area contributed by atoms with Crippen molar-refractivity contribution >= 4 is 5.97 Å². The van der Waals surface area contributed by atoms with Gasteiger partial charge < -0.3 is 5.11 Å².